The number of hydrogen-bond donors (Lipinski definition) is 1. The summed E-state index contributed by atoms with van der Waals surface area (Å²) >= 11 is 3.39. The molecule has 0 saturated carbocycles. The molecule has 0 saturated heterocycles. The number of aromatic nitrogens is 3. The molecule has 0 aromatic carbocycles. The van der Waals surface area contributed by atoms with Gasteiger partial charge in [0, 0.05) is 38.3 Å². The van der Waals surface area contributed by atoms with Crippen LogP contribution >= 0.6 is 15.9 Å². The summed E-state index contributed by atoms with van der Waals surface area (Å²) in [6, 6.07) is 0. The summed E-state index contributed by atoms with van der Waals surface area (Å²) in [5.74, 6) is 0.796. The van der Waals surface area contributed by atoms with Crippen molar-refractivity contribution in [3.63, 3.8) is 0 Å². The predicted octanol–water partition coefficient (Wildman–Crippen LogP) is 2.72. The molecule has 2 aromatic heterocycles. The number of hydrogen-bond acceptors (Lipinski definition) is 4. The number of ether oxygens (including phenoxy) is 1. The molecule has 2 rings (SSSR count). The molecule has 2 aromatic rings. The first kappa shape index (κ1) is 13.3. The lowest BCUT2D eigenvalue weighted by molar-refractivity contribution is 0.134. The van der Waals surface area contributed by atoms with Crippen molar-refractivity contribution >= 4 is 27.4 Å². The van der Waals surface area contributed by atoms with Gasteiger partial charge in [0.25, 0.3) is 0 Å². The maximum atomic E-state index is 5.43. The molecular formula is C12H17BrN4O. The van der Waals surface area contributed by atoms with E-state index in [0.717, 1.165) is 48.7 Å². The minimum absolute atomic E-state index is 0.777. The number of rotatable bonds is 7. The lowest BCUT2D eigenvalue weighted by Gasteiger charge is -2.07. The summed E-state index contributed by atoms with van der Waals surface area (Å²) in [7, 11) is 0. The van der Waals surface area contributed by atoms with E-state index in [0.29, 0.717) is 0 Å². The lowest BCUT2D eigenvalue weighted by Crippen LogP contribution is -2.08. The fourth-order valence-electron chi connectivity index (χ4n) is 1.65. The molecule has 0 aliphatic heterocycles. The van der Waals surface area contributed by atoms with Crippen LogP contribution in [0.5, 0.6) is 0 Å². The fourth-order valence-corrected chi connectivity index (χ4v) is 2.04. The second-order valence-corrected chi connectivity index (χ2v) is 4.78. The first-order valence-electron chi connectivity index (χ1n) is 6.12. The van der Waals surface area contributed by atoms with E-state index in [2.05, 4.69) is 38.1 Å². The van der Waals surface area contributed by atoms with Crippen molar-refractivity contribution in [1.82, 2.24) is 14.4 Å². The normalized spacial score (nSPS) is 11.0. The molecule has 5 nitrogen and oxygen atoms in total. The van der Waals surface area contributed by atoms with Gasteiger partial charge in [0.1, 0.15) is 4.60 Å². The maximum Gasteiger partial charge on any atom is 0.180 e. The summed E-state index contributed by atoms with van der Waals surface area (Å²) in [5.41, 5.74) is 0.840. The molecule has 0 radical (unpaired) electrons. The van der Waals surface area contributed by atoms with Crippen molar-refractivity contribution in [3.8, 4) is 0 Å². The van der Waals surface area contributed by atoms with Gasteiger partial charge in [-0.3, -0.25) is 0 Å². The monoisotopic (exact) mass is 312 g/mol. The van der Waals surface area contributed by atoms with Crippen LogP contribution in [0.2, 0.25) is 0 Å². The van der Waals surface area contributed by atoms with Crippen molar-refractivity contribution in [2.45, 2.75) is 19.8 Å². The van der Waals surface area contributed by atoms with Crippen molar-refractivity contribution in [1.29, 1.82) is 0 Å². The van der Waals surface area contributed by atoms with Crippen LogP contribution in [0, 0.1) is 0 Å². The van der Waals surface area contributed by atoms with Gasteiger partial charge in [-0.2, -0.15) is 0 Å². The van der Waals surface area contributed by atoms with E-state index in [1.807, 2.05) is 16.8 Å². The molecule has 0 aliphatic carbocycles. The van der Waals surface area contributed by atoms with Crippen LogP contribution in [0.25, 0.3) is 5.65 Å². The Kier molecular flexibility index (Phi) is 4.95. The van der Waals surface area contributed by atoms with Crippen LogP contribution < -0.4 is 5.32 Å². The molecule has 1 N–H and O–H groups in total. The number of nitrogens with one attached hydrogen (secondary N) is 1. The Morgan fingerprint density at radius 2 is 2.33 bits per heavy atom. The lowest BCUT2D eigenvalue weighted by atomic mass is 10.4. The number of nitrogens with zero attached hydrogens (tertiary/aromatic N) is 3. The van der Waals surface area contributed by atoms with Crippen LogP contribution in [-0.2, 0) is 4.74 Å². The van der Waals surface area contributed by atoms with E-state index in [-0.39, 0.29) is 0 Å². The molecule has 0 atom stereocenters. The number of anilines is 1. The van der Waals surface area contributed by atoms with Gasteiger partial charge >= 0.3 is 0 Å². The number of halogens is 1. The van der Waals surface area contributed by atoms with E-state index in [9.17, 15) is 0 Å². The molecule has 18 heavy (non-hydrogen) atoms. The molecule has 0 bridgehead atoms. The van der Waals surface area contributed by atoms with E-state index in [1.54, 1.807) is 6.20 Å². The predicted molar refractivity (Wildman–Crippen MR) is 74.9 cm³/mol. The molecule has 0 amide bonds. The first-order chi connectivity index (χ1) is 8.81. The van der Waals surface area contributed by atoms with Crippen LogP contribution in [0.4, 0.5) is 5.82 Å². The Hall–Kier alpha value is -1.14. The van der Waals surface area contributed by atoms with Gasteiger partial charge in [-0.05, 0) is 28.8 Å². The molecule has 6 heteroatoms. The van der Waals surface area contributed by atoms with Crippen LogP contribution in [0.3, 0.4) is 0 Å². The van der Waals surface area contributed by atoms with Crippen LogP contribution in [0.1, 0.15) is 19.8 Å². The Balaban J connectivity index is 1.89. The molecular weight excluding hydrogens is 296 g/mol. The van der Waals surface area contributed by atoms with Crippen molar-refractivity contribution < 1.29 is 4.74 Å². The zero-order valence-corrected chi connectivity index (χ0v) is 12.0. The molecule has 2 heterocycles. The molecule has 98 valence electrons. The van der Waals surface area contributed by atoms with E-state index >= 15 is 0 Å². The van der Waals surface area contributed by atoms with Gasteiger partial charge in [-0.25, -0.2) is 9.97 Å². The Labute approximate surface area is 115 Å². The van der Waals surface area contributed by atoms with E-state index < -0.39 is 0 Å². The standard InChI is InChI=1S/C12H17BrN4O/c1-2-7-18-8-3-4-14-11-12-15-5-6-17(12)9-10(13)16-11/h5-6,9H,2-4,7-8H2,1H3,(H,14,16). The van der Waals surface area contributed by atoms with Crippen molar-refractivity contribution in [3.05, 3.63) is 23.2 Å². The summed E-state index contributed by atoms with van der Waals surface area (Å²) in [6.07, 6.45) is 7.57. The van der Waals surface area contributed by atoms with Crippen LogP contribution in [-0.4, -0.2) is 34.1 Å². The second-order valence-electron chi connectivity index (χ2n) is 3.96. The van der Waals surface area contributed by atoms with Gasteiger partial charge < -0.3 is 14.5 Å². The minimum Gasteiger partial charge on any atom is -0.381 e. The van der Waals surface area contributed by atoms with E-state index in [1.165, 1.54) is 0 Å². The summed E-state index contributed by atoms with van der Waals surface area (Å²) < 4.78 is 8.15. The molecule has 0 unspecified atom stereocenters. The SMILES string of the molecule is CCCOCCCNc1nc(Br)cn2ccnc12. The zero-order valence-electron chi connectivity index (χ0n) is 10.4. The third-order valence-corrected chi connectivity index (χ3v) is 2.83. The topological polar surface area (TPSA) is 51.5 Å². The second kappa shape index (κ2) is 6.70. The summed E-state index contributed by atoms with van der Waals surface area (Å²) in [4.78, 5) is 8.66. The van der Waals surface area contributed by atoms with Gasteiger partial charge in [-0.1, -0.05) is 6.92 Å². The Morgan fingerprint density at radius 3 is 3.17 bits per heavy atom. The number of fused-ring (bicyclic) bond motifs is 1. The minimum atomic E-state index is 0.777. The summed E-state index contributed by atoms with van der Waals surface area (Å²) in [6.45, 7) is 4.55. The molecule has 0 spiro atoms. The molecule has 0 fully saturated rings. The van der Waals surface area contributed by atoms with E-state index in [4.69, 9.17) is 4.74 Å². The average molecular weight is 313 g/mol. The maximum absolute atomic E-state index is 5.43. The quantitative estimate of drug-likeness (QED) is 0.799. The number of imidazole rings is 1. The van der Waals surface area contributed by atoms with Crippen molar-refractivity contribution in [2.24, 2.45) is 0 Å². The Bertz CT molecular complexity index is 500. The molecule has 0 aliphatic rings. The van der Waals surface area contributed by atoms with Gasteiger partial charge in [0.2, 0.25) is 0 Å². The van der Waals surface area contributed by atoms with Gasteiger partial charge in [0.05, 0.1) is 0 Å². The van der Waals surface area contributed by atoms with Crippen molar-refractivity contribution in [2.75, 3.05) is 25.1 Å². The summed E-state index contributed by atoms with van der Waals surface area (Å²) in [5, 5.41) is 3.29. The third kappa shape index (κ3) is 3.43. The zero-order chi connectivity index (χ0) is 12.8. The van der Waals surface area contributed by atoms with Gasteiger partial charge in [0.15, 0.2) is 11.5 Å². The van der Waals surface area contributed by atoms with Crippen LogP contribution in [0.15, 0.2) is 23.2 Å². The van der Waals surface area contributed by atoms with Gasteiger partial charge in [-0.15, -0.1) is 0 Å². The highest BCUT2D eigenvalue weighted by Crippen LogP contribution is 2.16. The first-order valence-corrected chi connectivity index (χ1v) is 6.91. The third-order valence-electron chi connectivity index (χ3n) is 2.45. The average Bonchev–Trinajstić information content (AvgIpc) is 2.81. The Morgan fingerprint density at radius 1 is 1.44 bits per heavy atom. The highest BCUT2D eigenvalue weighted by molar-refractivity contribution is 9.10. The fraction of sp³-hybridized carbons (Fsp3) is 0.500. The largest absolute Gasteiger partial charge is 0.381 e. The highest BCUT2D eigenvalue weighted by Gasteiger charge is 2.05. The highest BCUT2D eigenvalue weighted by atomic mass is 79.9. The smallest absolute Gasteiger partial charge is 0.180 e.